The van der Waals surface area contributed by atoms with Crippen molar-refractivity contribution in [2.24, 2.45) is 0 Å². The number of nitrogens with one attached hydrogen (secondary N) is 2. The fourth-order valence-electron chi connectivity index (χ4n) is 1.83. The van der Waals surface area contributed by atoms with E-state index >= 15 is 0 Å². The molecule has 124 valence electrons. The van der Waals surface area contributed by atoms with Crippen LogP contribution >= 0.6 is 0 Å². The van der Waals surface area contributed by atoms with Crippen LogP contribution in [0.25, 0.3) is 0 Å². The molecule has 0 saturated heterocycles. The molecule has 0 spiro atoms. The van der Waals surface area contributed by atoms with E-state index < -0.39 is 11.9 Å². The van der Waals surface area contributed by atoms with Crippen LogP contribution in [0.1, 0.15) is 16.8 Å². The zero-order valence-corrected chi connectivity index (χ0v) is 12.5. The Morgan fingerprint density at radius 2 is 1.78 bits per heavy atom. The minimum Gasteiger partial charge on any atom is -0.395 e. The Balaban J connectivity index is 2.17. The van der Waals surface area contributed by atoms with Crippen molar-refractivity contribution in [1.82, 2.24) is 9.97 Å². The van der Waals surface area contributed by atoms with Crippen LogP contribution < -0.4 is 10.6 Å². The molecule has 3 N–H and O–H groups in total. The van der Waals surface area contributed by atoms with Gasteiger partial charge < -0.3 is 15.7 Å². The van der Waals surface area contributed by atoms with Gasteiger partial charge in [0, 0.05) is 19.2 Å². The zero-order valence-electron chi connectivity index (χ0n) is 12.5. The molecule has 0 unspecified atom stereocenters. The van der Waals surface area contributed by atoms with Crippen molar-refractivity contribution < 1.29 is 18.3 Å². The number of hydrogen-bond donors (Lipinski definition) is 3. The first-order valence-electron chi connectivity index (χ1n) is 6.99. The number of halogens is 3. The molecule has 2 rings (SSSR count). The summed E-state index contributed by atoms with van der Waals surface area (Å²) in [5.41, 5.74) is 0.984. The van der Waals surface area contributed by atoms with Gasteiger partial charge in [0.2, 0.25) is 5.95 Å². The number of aryl methyl sites for hydroxylation is 1. The molecule has 0 aliphatic rings. The molecular weight excluding hydrogens is 309 g/mol. The average molecular weight is 326 g/mol. The molecule has 0 aliphatic carbocycles. The Morgan fingerprint density at radius 1 is 1.09 bits per heavy atom. The van der Waals surface area contributed by atoms with Gasteiger partial charge in [-0.2, -0.15) is 18.2 Å². The molecule has 0 aliphatic heterocycles. The van der Waals surface area contributed by atoms with Gasteiger partial charge in [0.15, 0.2) is 5.69 Å². The normalized spacial score (nSPS) is 11.3. The Morgan fingerprint density at radius 3 is 2.39 bits per heavy atom. The van der Waals surface area contributed by atoms with E-state index in [-0.39, 0.29) is 24.9 Å². The molecule has 1 aromatic carbocycles. The lowest BCUT2D eigenvalue weighted by Gasteiger charge is -2.12. The summed E-state index contributed by atoms with van der Waals surface area (Å²) in [6.45, 7) is 2.13. The Bertz CT molecular complexity index is 644. The highest BCUT2D eigenvalue weighted by Gasteiger charge is 2.33. The van der Waals surface area contributed by atoms with Crippen LogP contribution in [0.2, 0.25) is 0 Å². The predicted molar refractivity (Wildman–Crippen MR) is 81.1 cm³/mol. The molecule has 0 fully saturated rings. The van der Waals surface area contributed by atoms with Crippen molar-refractivity contribution in [1.29, 1.82) is 0 Å². The highest BCUT2D eigenvalue weighted by Crippen LogP contribution is 2.29. The van der Waals surface area contributed by atoms with E-state index in [1.807, 2.05) is 31.2 Å². The van der Waals surface area contributed by atoms with E-state index in [2.05, 4.69) is 20.6 Å². The Hall–Kier alpha value is -2.35. The van der Waals surface area contributed by atoms with Crippen LogP contribution in [0.15, 0.2) is 30.3 Å². The van der Waals surface area contributed by atoms with Gasteiger partial charge in [0.1, 0.15) is 5.82 Å². The maximum atomic E-state index is 12.9. The summed E-state index contributed by atoms with van der Waals surface area (Å²) in [7, 11) is 0. The smallest absolute Gasteiger partial charge is 0.395 e. The molecule has 0 saturated carbocycles. The number of aromatic nitrogens is 2. The molecule has 0 radical (unpaired) electrons. The number of aliphatic hydroxyl groups excluding tert-OH is 1. The quantitative estimate of drug-likeness (QED) is 0.761. The molecule has 0 bridgehead atoms. The van der Waals surface area contributed by atoms with Crippen LogP contribution in [0.4, 0.5) is 24.9 Å². The highest BCUT2D eigenvalue weighted by atomic mass is 19.4. The predicted octanol–water partition coefficient (Wildman–Crippen LogP) is 2.82. The third-order valence-corrected chi connectivity index (χ3v) is 3.01. The summed E-state index contributed by atoms with van der Waals surface area (Å²) >= 11 is 0. The highest BCUT2D eigenvalue weighted by molar-refractivity contribution is 5.43. The Kier molecular flexibility index (Phi) is 5.38. The molecule has 23 heavy (non-hydrogen) atoms. The van der Waals surface area contributed by atoms with Crippen molar-refractivity contribution in [3.8, 4) is 0 Å². The van der Waals surface area contributed by atoms with Gasteiger partial charge in [-0.3, -0.25) is 0 Å². The maximum absolute atomic E-state index is 12.9. The summed E-state index contributed by atoms with van der Waals surface area (Å²) in [6, 6.07) is 8.48. The lowest BCUT2D eigenvalue weighted by atomic mass is 10.1. The lowest BCUT2D eigenvalue weighted by molar-refractivity contribution is -0.141. The van der Waals surface area contributed by atoms with Crippen molar-refractivity contribution in [3.05, 3.63) is 47.2 Å². The third-order valence-electron chi connectivity index (χ3n) is 3.01. The monoisotopic (exact) mass is 326 g/mol. The minimum absolute atomic E-state index is 0.0633. The van der Waals surface area contributed by atoms with E-state index in [9.17, 15) is 13.2 Å². The van der Waals surface area contributed by atoms with Crippen molar-refractivity contribution >= 4 is 11.8 Å². The number of benzene rings is 1. The number of alkyl halides is 3. The molecule has 0 amide bonds. The number of hydrogen-bond acceptors (Lipinski definition) is 5. The molecular formula is C15H17F3N4O. The second kappa shape index (κ2) is 7.28. The second-order valence-corrected chi connectivity index (χ2v) is 4.95. The summed E-state index contributed by atoms with van der Waals surface area (Å²) in [5, 5.41) is 14.1. The van der Waals surface area contributed by atoms with E-state index in [4.69, 9.17) is 5.11 Å². The largest absolute Gasteiger partial charge is 0.433 e. The van der Waals surface area contributed by atoms with Gasteiger partial charge in [-0.15, -0.1) is 0 Å². The first-order valence-corrected chi connectivity index (χ1v) is 6.99. The molecule has 0 atom stereocenters. The van der Waals surface area contributed by atoms with E-state index in [1.54, 1.807) is 0 Å². The third kappa shape index (κ3) is 5.10. The summed E-state index contributed by atoms with van der Waals surface area (Å²) in [5.74, 6) is -0.117. The van der Waals surface area contributed by atoms with Crippen LogP contribution in [0, 0.1) is 6.92 Å². The average Bonchev–Trinajstić information content (AvgIpc) is 2.51. The fraction of sp³-hybridized carbons (Fsp3) is 0.333. The first kappa shape index (κ1) is 17.0. The number of aliphatic hydroxyl groups is 1. The maximum Gasteiger partial charge on any atom is 0.433 e. The molecule has 1 aromatic heterocycles. The first-order chi connectivity index (χ1) is 10.9. The van der Waals surface area contributed by atoms with Crippen molar-refractivity contribution in [2.45, 2.75) is 19.6 Å². The van der Waals surface area contributed by atoms with Gasteiger partial charge in [0.25, 0.3) is 0 Å². The van der Waals surface area contributed by atoms with E-state index in [0.717, 1.165) is 17.2 Å². The van der Waals surface area contributed by atoms with Crippen LogP contribution in [-0.4, -0.2) is 28.2 Å². The van der Waals surface area contributed by atoms with Crippen LogP contribution in [0.3, 0.4) is 0 Å². The zero-order chi connectivity index (χ0) is 16.9. The van der Waals surface area contributed by atoms with Crippen molar-refractivity contribution in [3.63, 3.8) is 0 Å². The SMILES string of the molecule is Cc1ccc(CNc2cc(C(F)(F)F)nc(NCCO)n2)cc1. The Labute approximate surface area is 131 Å². The fourth-order valence-corrected chi connectivity index (χ4v) is 1.83. The number of rotatable bonds is 6. The summed E-state index contributed by atoms with van der Waals surface area (Å²) < 4.78 is 38.6. The van der Waals surface area contributed by atoms with E-state index in [0.29, 0.717) is 6.54 Å². The van der Waals surface area contributed by atoms with E-state index in [1.165, 1.54) is 0 Å². The van der Waals surface area contributed by atoms with Gasteiger partial charge in [0.05, 0.1) is 6.61 Å². The van der Waals surface area contributed by atoms with Crippen LogP contribution in [-0.2, 0) is 12.7 Å². The van der Waals surface area contributed by atoms with Gasteiger partial charge in [-0.1, -0.05) is 29.8 Å². The van der Waals surface area contributed by atoms with Gasteiger partial charge in [-0.25, -0.2) is 4.98 Å². The minimum atomic E-state index is -4.57. The molecule has 2 aromatic rings. The lowest BCUT2D eigenvalue weighted by Crippen LogP contribution is -2.15. The summed E-state index contributed by atoms with van der Waals surface area (Å²) in [6.07, 6.45) is -4.57. The second-order valence-electron chi connectivity index (χ2n) is 4.95. The summed E-state index contributed by atoms with van der Waals surface area (Å²) in [4.78, 5) is 7.38. The topological polar surface area (TPSA) is 70.1 Å². The van der Waals surface area contributed by atoms with Gasteiger partial charge in [-0.05, 0) is 12.5 Å². The number of anilines is 2. The molecule has 5 nitrogen and oxygen atoms in total. The molecule has 1 heterocycles. The molecule has 8 heteroatoms. The number of nitrogens with zero attached hydrogens (tertiary/aromatic N) is 2. The van der Waals surface area contributed by atoms with Crippen LogP contribution in [0.5, 0.6) is 0 Å². The van der Waals surface area contributed by atoms with Crippen molar-refractivity contribution in [2.75, 3.05) is 23.8 Å². The van der Waals surface area contributed by atoms with Gasteiger partial charge >= 0.3 is 6.18 Å². The standard InChI is InChI=1S/C15H17F3N4O/c1-10-2-4-11(5-3-10)9-20-13-8-12(15(16,17)18)21-14(22-13)19-6-7-23/h2-5,8,23H,6-7,9H2,1H3,(H2,19,20,21,22).